The fraction of sp³-hybridized carbons (Fsp3) is 0.455. The number of ketones is 1. The van der Waals surface area contributed by atoms with Gasteiger partial charge in [-0.25, -0.2) is 0 Å². The minimum Gasteiger partial charge on any atom is -0.495 e. The zero-order chi connectivity index (χ0) is 21.3. The first-order valence-electron chi connectivity index (χ1n) is 9.50. The highest BCUT2D eigenvalue weighted by molar-refractivity contribution is 6.32. The van der Waals surface area contributed by atoms with E-state index in [0.29, 0.717) is 53.7 Å². The van der Waals surface area contributed by atoms with Crippen molar-refractivity contribution in [2.75, 3.05) is 27.4 Å². The van der Waals surface area contributed by atoms with Crippen LogP contribution in [0.15, 0.2) is 40.9 Å². The van der Waals surface area contributed by atoms with Crippen LogP contribution in [0.4, 0.5) is 0 Å². The molecule has 0 spiro atoms. The third-order valence-corrected chi connectivity index (χ3v) is 5.81. The summed E-state index contributed by atoms with van der Waals surface area (Å²) in [6, 6.07) is 7.57. The van der Waals surface area contributed by atoms with Crippen LogP contribution in [0, 0.1) is 16.7 Å². The summed E-state index contributed by atoms with van der Waals surface area (Å²) in [5, 5.41) is 10.4. The molecule has 3 rings (SSSR count). The van der Waals surface area contributed by atoms with Gasteiger partial charge in [0.2, 0.25) is 0 Å². The maximum absolute atomic E-state index is 13.3. The van der Waals surface area contributed by atoms with Crippen LogP contribution in [0.25, 0.3) is 0 Å². The molecular weight excluding hydrogens is 390 g/mol. The van der Waals surface area contributed by atoms with E-state index < -0.39 is 5.92 Å². The van der Waals surface area contributed by atoms with E-state index >= 15 is 0 Å². The maximum Gasteiger partial charge on any atom is 0.162 e. The summed E-state index contributed by atoms with van der Waals surface area (Å²) in [5.74, 6) is 0.399. The zero-order valence-electron chi connectivity index (χ0n) is 17.2. The summed E-state index contributed by atoms with van der Waals surface area (Å²) in [6.45, 7) is 5.06. The second-order valence-electron chi connectivity index (χ2n) is 8.18. The quantitative estimate of drug-likeness (QED) is 0.788. The highest BCUT2D eigenvalue weighted by atomic mass is 35.5. The summed E-state index contributed by atoms with van der Waals surface area (Å²) >= 11 is 6.35. The van der Waals surface area contributed by atoms with Gasteiger partial charge >= 0.3 is 0 Å². The summed E-state index contributed by atoms with van der Waals surface area (Å²) in [4.78, 5) is 15.1. The van der Waals surface area contributed by atoms with Crippen LogP contribution < -0.4 is 10.5 Å². The van der Waals surface area contributed by atoms with E-state index in [0.717, 1.165) is 11.3 Å². The topological polar surface area (TPSA) is 88.6 Å². The number of Topliss-reactive ketones (excluding diaryl/α,β-unsaturated/α-hetero) is 1. The molecule has 0 fully saturated rings. The molecule has 1 heterocycles. The van der Waals surface area contributed by atoms with E-state index in [1.165, 1.54) is 0 Å². The van der Waals surface area contributed by atoms with Crippen molar-refractivity contribution >= 4 is 17.4 Å². The Morgan fingerprint density at radius 3 is 2.66 bits per heavy atom. The summed E-state index contributed by atoms with van der Waals surface area (Å²) in [6.07, 6.45) is 1.11. The average molecular weight is 416 g/mol. The number of hydrogen-bond acceptors (Lipinski definition) is 6. The first-order valence-corrected chi connectivity index (χ1v) is 9.87. The fourth-order valence-electron chi connectivity index (χ4n) is 4.21. The van der Waals surface area contributed by atoms with Crippen LogP contribution in [-0.2, 0) is 9.53 Å². The molecule has 1 atom stereocenters. The van der Waals surface area contributed by atoms with Crippen LogP contribution in [0.5, 0.6) is 5.75 Å². The fourth-order valence-corrected chi connectivity index (χ4v) is 4.47. The lowest BCUT2D eigenvalue weighted by Crippen LogP contribution is -2.43. The van der Waals surface area contributed by atoms with E-state index in [1.807, 2.05) is 11.0 Å². The van der Waals surface area contributed by atoms with Crippen LogP contribution in [0.1, 0.15) is 38.2 Å². The third-order valence-electron chi connectivity index (χ3n) is 5.51. The van der Waals surface area contributed by atoms with Gasteiger partial charge in [-0.15, -0.1) is 0 Å². The minimum atomic E-state index is -0.541. The molecule has 1 aromatic carbocycles. The minimum absolute atomic E-state index is 0.0378. The number of carbonyl (C=O) groups excluding carboxylic acids is 1. The van der Waals surface area contributed by atoms with Crippen LogP contribution in [0.3, 0.4) is 0 Å². The van der Waals surface area contributed by atoms with E-state index in [9.17, 15) is 10.1 Å². The van der Waals surface area contributed by atoms with Crippen molar-refractivity contribution in [1.29, 1.82) is 5.26 Å². The van der Waals surface area contributed by atoms with Crippen molar-refractivity contribution in [2.24, 2.45) is 11.1 Å². The maximum atomic E-state index is 13.3. The molecule has 6 nitrogen and oxygen atoms in total. The predicted octanol–water partition coefficient (Wildman–Crippen LogP) is 3.73. The van der Waals surface area contributed by atoms with Gasteiger partial charge in [-0.3, -0.25) is 4.79 Å². The molecular formula is C22H26ClN3O3. The standard InChI is InChI=1S/C22H26ClN3O3/c1-22(2)10-16-20(17(27)11-22)19(13-5-6-18(29-4)15(23)9-13)14(12-24)21(25)26(16)7-8-28-3/h5-6,9,19H,7-8,10-11,25H2,1-4H3/t19-/m1/s1. The highest BCUT2D eigenvalue weighted by Crippen LogP contribution is 2.49. The Balaban J connectivity index is 2.22. The Morgan fingerprint density at radius 2 is 2.07 bits per heavy atom. The van der Waals surface area contributed by atoms with E-state index in [4.69, 9.17) is 26.8 Å². The SMILES string of the molecule is COCCN1C(N)=C(C#N)[C@@H](c2ccc(OC)c(Cl)c2)C2=C1CC(C)(C)CC2=O. The molecule has 154 valence electrons. The largest absolute Gasteiger partial charge is 0.495 e. The van der Waals surface area contributed by atoms with Gasteiger partial charge in [-0.1, -0.05) is 31.5 Å². The Kier molecular flexibility index (Phi) is 5.92. The summed E-state index contributed by atoms with van der Waals surface area (Å²) < 4.78 is 10.5. The Hall–Kier alpha value is -2.49. The Labute approximate surface area is 176 Å². The molecule has 1 aliphatic heterocycles. The molecule has 0 amide bonds. The van der Waals surface area contributed by atoms with Gasteiger partial charge in [0.25, 0.3) is 0 Å². The van der Waals surface area contributed by atoms with Gasteiger partial charge in [0.15, 0.2) is 5.78 Å². The summed E-state index contributed by atoms with van der Waals surface area (Å²) in [7, 11) is 3.16. The van der Waals surface area contributed by atoms with Crippen molar-refractivity contribution < 1.29 is 14.3 Å². The second-order valence-corrected chi connectivity index (χ2v) is 8.59. The number of methoxy groups -OCH3 is 2. The average Bonchev–Trinajstić information content (AvgIpc) is 2.65. The number of allylic oxidation sites excluding steroid dienone is 3. The first-order chi connectivity index (χ1) is 13.7. The van der Waals surface area contributed by atoms with Crippen molar-refractivity contribution in [1.82, 2.24) is 4.90 Å². The van der Waals surface area contributed by atoms with Crippen LogP contribution in [0.2, 0.25) is 5.02 Å². The van der Waals surface area contributed by atoms with Gasteiger partial charge in [-0.05, 0) is 29.5 Å². The number of halogens is 1. The molecule has 0 unspecified atom stereocenters. The lowest BCUT2D eigenvalue weighted by Gasteiger charge is -2.43. The van der Waals surface area contributed by atoms with E-state index in [2.05, 4.69) is 19.9 Å². The smallest absolute Gasteiger partial charge is 0.162 e. The molecule has 0 saturated heterocycles. The lowest BCUT2D eigenvalue weighted by molar-refractivity contribution is -0.118. The van der Waals surface area contributed by atoms with E-state index in [1.54, 1.807) is 26.4 Å². The van der Waals surface area contributed by atoms with Gasteiger partial charge in [-0.2, -0.15) is 5.26 Å². The van der Waals surface area contributed by atoms with Crippen molar-refractivity contribution in [3.05, 3.63) is 51.4 Å². The molecule has 1 aliphatic carbocycles. The molecule has 0 saturated carbocycles. The normalized spacial score (nSPS) is 21.2. The van der Waals surface area contributed by atoms with Crippen molar-refractivity contribution in [3.8, 4) is 11.8 Å². The summed E-state index contributed by atoms with van der Waals surface area (Å²) in [5.41, 5.74) is 8.89. The number of ether oxygens (including phenoxy) is 2. The van der Waals surface area contributed by atoms with Crippen molar-refractivity contribution in [2.45, 2.75) is 32.6 Å². The molecule has 2 N–H and O–H groups in total. The molecule has 29 heavy (non-hydrogen) atoms. The van der Waals surface area contributed by atoms with Crippen LogP contribution >= 0.6 is 11.6 Å². The number of benzene rings is 1. The Bertz CT molecular complexity index is 943. The monoisotopic (exact) mass is 415 g/mol. The molecule has 0 bridgehead atoms. The van der Waals surface area contributed by atoms with Gasteiger partial charge in [0, 0.05) is 31.3 Å². The molecule has 0 aromatic heterocycles. The van der Waals surface area contributed by atoms with Gasteiger partial charge in [0.05, 0.1) is 36.3 Å². The number of nitrogens with two attached hydrogens (primary N) is 1. The number of carbonyl (C=O) groups is 1. The lowest BCUT2D eigenvalue weighted by atomic mass is 9.68. The molecule has 2 aliphatic rings. The highest BCUT2D eigenvalue weighted by Gasteiger charge is 2.44. The Morgan fingerprint density at radius 1 is 1.34 bits per heavy atom. The number of rotatable bonds is 5. The second kappa shape index (κ2) is 8.10. The predicted molar refractivity (Wildman–Crippen MR) is 111 cm³/mol. The molecule has 7 heteroatoms. The third kappa shape index (κ3) is 3.85. The number of hydrogen-bond donors (Lipinski definition) is 1. The van der Waals surface area contributed by atoms with Gasteiger partial charge < -0.3 is 20.1 Å². The number of nitriles is 1. The first kappa shape index (κ1) is 21.2. The number of nitrogens with zero attached hydrogens (tertiary/aromatic N) is 2. The van der Waals surface area contributed by atoms with Crippen molar-refractivity contribution in [3.63, 3.8) is 0 Å². The van der Waals surface area contributed by atoms with Gasteiger partial charge in [0.1, 0.15) is 11.6 Å². The van der Waals surface area contributed by atoms with E-state index in [-0.39, 0.29) is 11.2 Å². The molecule has 0 radical (unpaired) electrons. The van der Waals surface area contributed by atoms with Crippen LogP contribution in [-0.4, -0.2) is 38.1 Å². The zero-order valence-corrected chi connectivity index (χ0v) is 18.0. The molecule has 1 aromatic rings.